The highest BCUT2D eigenvalue weighted by Crippen LogP contribution is 2.39. The Kier molecular flexibility index (Phi) is 3.62. The van der Waals surface area contributed by atoms with Crippen LogP contribution in [-0.4, -0.2) is 10.1 Å². The second kappa shape index (κ2) is 5.65. The van der Waals surface area contributed by atoms with Crippen LogP contribution in [0.3, 0.4) is 0 Å². The molecule has 0 saturated carbocycles. The zero-order chi connectivity index (χ0) is 16.0. The Morgan fingerprint density at radius 2 is 1.91 bits per heavy atom. The number of aryl methyl sites for hydroxylation is 1. The molecule has 118 valence electrons. The van der Waals surface area contributed by atoms with E-state index in [2.05, 4.69) is 10.6 Å². The molecule has 1 aromatic heterocycles. The average molecular weight is 345 g/mol. The van der Waals surface area contributed by atoms with Gasteiger partial charge in [-0.2, -0.15) is 0 Å². The molecule has 0 amide bonds. The van der Waals surface area contributed by atoms with Gasteiger partial charge in [-0.05, 0) is 61.2 Å². The Balaban J connectivity index is 1.88. The first kappa shape index (κ1) is 14.7. The predicted molar refractivity (Wildman–Crippen MR) is 97.9 cm³/mol. The van der Waals surface area contributed by atoms with Crippen molar-refractivity contribution in [2.24, 2.45) is 0 Å². The first-order chi connectivity index (χ1) is 11.1. The molecule has 1 aromatic carbocycles. The molecule has 4 rings (SSSR count). The Labute approximate surface area is 145 Å². The highest BCUT2D eigenvalue weighted by molar-refractivity contribution is 7.80. The first-order valence-electron chi connectivity index (χ1n) is 7.77. The standard InChI is InChI=1S/C17H17ClN4S/c18-10-7-5-9(6-8-10)15-13-14(19)11-3-1-2-4-12(11)20-16(13)22-17(23)21-15/h5-8,15H,1-4H2,(H4,19,20,21,22,23). The van der Waals surface area contributed by atoms with E-state index in [0.717, 1.165) is 41.2 Å². The molecule has 4 nitrogen and oxygen atoms in total. The number of thiocarbonyl (C=S) groups is 1. The topological polar surface area (TPSA) is 63.0 Å². The molecule has 1 aliphatic heterocycles. The lowest BCUT2D eigenvalue weighted by atomic mass is 9.88. The third kappa shape index (κ3) is 2.54. The van der Waals surface area contributed by atoms with Crippen molar-refractivity contribution < 1.29 is 0 Å². The highest BCUT2D eigenvalue weighted by Gasteiger charge is 2.30. The number of nitrogens with two attached hydrogens (primary N) is 1. The maximum atomic E-state index is 6.54. The molecule has 23 heavy (non-hydrogen) atoms. The Bertz CT molecular complexity index is 788. The maximum Gasteiger partial charge on any atom is 0.172 e. The summed E-state index contributed by atoms with van der Waals surface area (Å²) in [5, 5.41) is 7.76. The van der Waals surface area contributed by atoms with Crippen LogP contribution >= 0.6 is 23.8 Å². The van der Waals surface area contributed by atoms with Crippen molar-refractivity contribution in [1.82, 2.24) is 10.3 Å². The van der Waals surface area contributed by atoms with Crippen molar-refractivity contribution in [3.05, 3.63) is 51.7 Å². The summed E-state index contributed by atoms with van der Waals surface area (Å²) >= 11 is 11.4. The number of anilines is 2. The fourth-order valence-corrected chi connectivity index (χ4v) is 3.77. The van der Waals surface area contributed by atoms with Crippen LogP contribution in [0.4, 0.5) is 11.5 Å². The van der Waals surface area contributed by atoms with Gasteiger partial charge in [0.1, 0.15) is 5.82 Å². The summed E-state index contributed by atoms with van der Waals surface area (Å²) in [4.78, 5) is 4.81. The summed E-state index contributed by atoms with van der Waals surface area (Å²) in [6.07, 6.45) is 4.32. The van der Waals surface area contributed by atoms with Crippen LogP contribution in [0.1, 0.15) is 41.3 Å². The van der Waals surface area contributed by atoms with Gasteiger partial charge in [0.05, 0.1) is 6.04 Å². The van der Waals surface area contributed by atoms with Gasteiger partial charge in [0.25, 0.3) is 0 Å². The van der Waals surface area contributed by atoms with Crippen molar-refractivity contribution in [3.8, 4) is 0 Å². The molecule has 0 bridgehead atoms. The van der Waals surface area contributed by atoms with E-state index in [1.807, 2.05) is 24.3 Å². The lowest BCUT2D eigenvalue weighted by Gasteiger charge is -2.32. The zero-order valence-electron chi connectivity index (χ0n) is 12.5. The fraction of sp³-hybridized carbons (Fsp3) is 0.294. The third-order valence-corrected chi connectivity index (χ3v) is 5.03. The number of nitrogen functional groups attached to an aromatic ring is 1. The maximum absolute atomic E-state index is 6.54. The molecule has 4 N–H and O–H groups in total. The lowest BCUT2D eigenvalue weighted by Crippen LogP contribution is -2.39. The summed E-state index contributed by atoms with van der Waals surface area (Å²) in [7, 11) is 0. The van der Waals surface area contributed by atoms with Gasteiger partial charge in [0.15, 0.2) is 5.11 Å². The predicted octanol–water partition coefficient (Wildman–Crippen LogP) is 3.59. The number of halogens is 1. The SMILES string of the molecule is Nc1c2c(nc3c1C(c1ccc(Cl)cc1)NC(=S)N3)CCCC2. The second-order valence-electron chi connectivity index (χ2n) is 6.00. The Morgan fingerprint density at radius 3 is 2.70 bits per heavy atom. The number of benzene rings is 1. The molecular formula is C17H17ClN4S. The van der Waals surface area contributed by atoms with Crippen molar-refractivity contribution in [2.45, 2.75) is 31.7 Å². The van der Waals surface area contributed by atoms with Crippen LogP contribution in [0.15, 0.2) is 24.3 Å². The van der Waals surface area contributed by atoms with Crippen LogP contribution in [-0.2, 0) is 12.8 Å². The molecule has 1 atom stereocenters. The van der Waals surface area contributed by atoms with E-state index < -0.39 is 0 Å². The molecule has 2 heterocycles. The minimum absolute atomic E-state index is 0.101. The number of hydrogen-bond donors (Lipinski definition) is 3. The molecular weight excluding hydrogens is 328 g/mol. The number of nitrogens with one attached hydrogen (secondary N) is 2. The molecule has 1 aliphatic carbocycles. The summed E-state index contributed by atoms with van der Waals surface area (Å²) in [6, 6.07) is 7.65. The number of aromatic nitrogens is 1. The Hall–Kier alpha value is -1.85. The summed E-state index contributed by atoms with van der Waals surface area (Å²) in [5.41, 5.74) is 11.7. The van der Waals surface area contributed by atoms with E-state index in [0.29, 0.717) is 10.1 Å². The molecule has 2 aliphatic rings. The Morgan fingerprint density at radius 1 is 1.17 bits per heavy atom. The summed E-state index contributed by atoms with van der Waals surface area (Å²) in [6.45, 7) is 0. The number of nitrogens with zero attached hydrogens (tertiary/aromatic N) is 1. The molecule has 0 spiro atoms. The summed E-state index contributed by atoms with van der Waals surface area (Å²) in [5.74, 6) is 0.784. The number of pyridine rings is 1. The molecule has 0 saturated heterocycles. The van der Waals surface area contributed by atoms with Gasteiger partial charge in [0, 0.05) is 22.0 Å². The van der Waals surface area contributed by atoms with Gasteiger partial charge in [-0.1, -0.05) is 23.7 Å². The lowest BCUT2D eigenvalue weighted by molar-refractivity contribution is 0.662. The molecule has 0 fully saturated rings. The largest absolute Gasteiger partial charge is 0.398 e. The normalized spacial score (nSPS) is 19.3. The molecule has 2 aromatic rings. The van der Waals surface area contributed by atoms with Crippen LogP contribution < -0.4 is 16.4 Å². The number of rotatable bonds is 1. The first-order valence-corrected chi connectivity index (χ1v) is 8.56. The van der Waals surface area contributed by atoms with Gasteiger partial charge in [0.2, 0.25) is 0 Å². The van der Waals surface area contributed by atoms with E-state index in [1.165, 1.54) is 18.4 Å². The second-order valence-corrected chi connectivity index (χ2v) is 6.85. The van der Waals surface area contributed by atoms with E-state index in [4.69, 9.17) is 34.5 Å². The van der Waals surface area contributed by atoms with Gasteiger partial charge in [-0.15, -0.1) is 0 Å². The van der Waals surface area contributed by atoms with Gasteiger partial charge < -0.3 is 16.4 Å². The van der Waals surface area contributed by atoms with Crippen molar-refractivity contribution >= 4 is 40.4 Å². The van der Waals surface area contributed by atoms with Crippen LogP contribution in [0.5, 0.6) is 0 Å². The highest BCUT2D eigenvalue weighted by atomic mass is 35.5. The zero-order valence-corrected chi connectivity index (χ0v) is 14.1. The van der Waals surface area contributed by atoms with Crippen molar-refractivity contribution in [3.63, 3.8) is 0 Å². The summed E-state index contributed by atoms with van der Waals surface area (Å²) < 4.78 is 0. The van der Waals surface area contributed by atoms with E-state index >= 15 is 0 Å². The minimum Gasteiger partial charge on any atom is -0.398 e. The van der Waals surface area contributed by atoms with Crippen molar-refractivity contribution in [2.75, 3.05) is 11.1 Å². The van der Waals surface area contributed by atoms with Crippen LogP contribution in [0.25, 0.3) is 0 Å². The van der Waals surface area contributed by atoms with Crippen LogP contribution in [0.2, 0.25) is 5.02 Å². The smallest absolute Gasteiger partial charge is 0.172 e. The molecule has 6 heteroatoms. The van der Waals surface area contributed by atoms with Gasteiger partial charge >= 0.3 is 0 Å². The third-order valence-electron chi connectivity index (χ3n) is 4.56. The molecule has 1 unspecified atom stereocenters. The van der Waals surface area contributed by atoms with Gasteiger partial charge in [-0.25, -0.2) is 4.98 Å². The fourth-order valence-electron chi connectivity index (χ4n) is 3.43. The number of fused-ring (bicyclic) bond motifs is 2. The quantitative estimate of drug-likeness (QED) is 0.690. The van der Waals surface area contributed by atoms with Gasteiger partial charge in [-0.3, -0.25) is 0 Å². The van der Waals surface area contributed by atoms with Crippen molar-refractivity contribution in [1.29, 1.82) is 0 Å². The van der Waals surface area contributed by atoms with Crippen LogP contribution in [0, 0.1) is 0 Å². The molecule has 0 radical (unpaired) electrons. The minimum atomic E-state index is -0.101. The average Bonchev–Trinajstić information content (AvgIpc) is 2.55. The van der Waals surface area contributed by atoms with E-state index in [1.54, 1.807) is 0 Å². The van der Waals surface area contributed by atoms with E-state index in [9.17, 15) is 0 Å². The van der Waals surface area contributed by atoms with E-state index in [-0.39, 0.29) is 6.04 Å². The monoisotopic (exact) mass is 344 g/mol. The number of hydrogen-bond acceptors (Lipinski definition) is 3.